The summed E-state index contributed by atoms with van der Waals surface area (Å²) in [7, 11) is 1.37. The van der Waals surface area contributed by atoms with Crippen LogP contribution < -0.4 is 4.80 Å². The lowest BCUT2D eigenvalue weighted by Gasteiger charge is -2.10. The first kappa shape index (κ1) is 22.3. The van der Waals surface area contributed by atoms with Crippen LogP contribution >= 0.6 is 11.3 Å². The van der Waals surface area contributed by atoms with Crippen LogP contribution in [-0.2, 0) is 20.8 Å². The van der Waals surface area contributed by atoms with Crippen LogP contribution in [0.2, 0.25) is 0 Å². The molecule has 0 N–H and O–H groups in total. The lowest BCUT2D eigenvalue weighted by Crippen LogP contribution is -2.22. The summed E-state index contributed by atoms with van der Waals surface area (Å²) in [6.07, 6.45) is 3.63. The van der Waals surface area contributed by atoms with Gasteiger partial charge in [0.25, 0.3) is 5.91 Å². The zero-order valence-corrected chi connectivity index (χ0v) is 18.0. The number of benzene rings is 1. The molecule has 0 aliphatic rings. The Labute approximate surface area is 170 Å². The number of nitrogens with zero attached hydrogens (tertiary/aromatic N) is 2. The molecule has 2 aromatic rings. The number of aromatic nitrogens is 1. The summed E-state index contributed by atoms with van der Waals surface area (Å²) < 4.78 is 13.2. The van der Waals surface area contributed by atoms with Crippen LogP contribution in [0.1, 0.15) is 56.8 Å². The van der Waals surface area contributed by atoms with Gasteiger partial charge in [-0.05, 0) is 38.0 Å². The van der Waals surface area contributed by atoms with Gasteiger partial charge in [-0.15, -0.1) is 0 Å². The maximum Gasteiger partial charge on any atom is 0.337 e. The standard InChI is InChI=1S/C21H30N2O4S/c1-5-8-15(9-6-2)19(24)22-21-23(12-13-27-7-3)17-11-10-16(20(25)26-4)14-18(17)28-21/h10-11,14-15H,5-9,12-13H2,1-4H3. The molecule has 0 unspecified atom stereocenters. The van der Waals surface area contributed by atoms with Crippen molar-refractivity contribution in [3.05, 3.63) is 28.6 Å². The van der Waals surface area contributed by atoms with E-state index in [2.05, 4.69) is 18.8 Å². The van der Waals surface area contributed by atoms with Crippen molar-refractivity contribution in [3.8, 4) is 0 Å². The van der Waals surface area contributed by atoms with Crippen LogP contribution in [0, 0.1) is 5.92 Å². The Hall–Kier alpha value is -1.99. The van der Waals surface area contributed by atoms with Gasteiger partial charge in [0.05, 0.1) is 29.5 Å². The van der Waals surface area contributed by atoms with Gasteiger partial charge in [0, 0.05) is 19.1 Å². The highest BCUT2D eigenvalue weighted by Gasteiger charge is 2.17. The smallest absolute Gasteiger partial charge is 0.337 e. The third-order valence-corrected chi connectivity index (χ3v) is 5.64. The highest BCUT2D eigenvalue weighted by Crippen LogP contribution is 2.21. The summed E-state index contributed by atoms with van der Waals surface area (Å²) in [4.78, 5) is 29.8. The van der Waals surface area contributed by atoms with E-state index < -0.39 is 0 Å². The molecule has 0 saturated carbocycles. The SMILES string of the molecule is CCCC(CCC)C(=O)N=c1sc2cc(C(=O)OC)ccc2n1CCOCC. The third-order valence-electron chi connectivity index (χ3n) is 4.60. The van der Waals surface area contributed by atoms with E-state index in [0.29, 0.717) is 30.1 Å². The number of rotatable bonds is 10. The molecule has 0 fully saturated rings. The Morgan fingerprint density at radius 1 is 1.18 bits per heavy atom. The molecule has 6 nitrogen and oxygen atoms in total. The molecule has 1 aromatic heterocycles. The van der Waals surface area contributed by atoms with E-state index in [1.165, 1.54) is 18.4 Å². The Kier molecular flexibility index (Phi) is 8.86. The normalized spacial score (nSPS) is 12.1. The van der Waals surface area contributed by atoms with E-state index in [1.54, 1.807) is 12.1 Å². The molecule has 154 valence electrons. The van der Waals surface area contributed by atoms with Crippen LogP contribution in [-0.4, -0.2) is 36.8 Å². The zero-order valence-electron chi connectivity index (χ0n) is 17.2. The second-order valence-electron chi connectivity index (χ2n) is 6.63. The predicted molar refractivity (Wildman–Crippen MR) is 112 cm³/mol. The number of methoxy groups -OCH3 is 1. The van der Waals surface area contributed by atoms with Crippen molar-refractivity contribution in [1.29, 1.82) is 0 Å². The molecule has 0 atom stereocenters. The first-order valence-corrected chi connectivity index (χ1v) is 10.7. The molecule has 28 heavy (non-hydrogen) atoms. The number of hydrogen-bond donors (Lipinski definition) is 0. The topological polar surface area (TPSA) is 69.9 Å². The minimum absolute atomic E-state index is 0.0359. The maximum absolute atomic E-state index is 12.8. The van der Waals surface area contributed by atoms with Gasteiger partial charge in [-0.1, -0.05) is 38.0 Å². The average Bonchev–Trinajstić information content (AvgIpc) is 3.03. The number of carbonyl (C=O) groups excluding carboxylic acids is 2. The molecule has 0 saturated heterocycles. The first-order valence-electron chi connectivity index (χ1n) is 9.93. The largest absolute Gasteiger partial charge is 0.465 e. The highest BCUT2D eigenvalue weighted by atomic mass is 32.1. The Morgan fingerprint density at radius 2 is 1.89 bits per heavy atom. The minimum atomic E-state index is -0.378. The second kappa shape index (κ2) is 11.1. The van der Waals surface area contributed by atoms with E-state index in [9.17, 15) is 9.59 Å². The quantitative estimate of drug-likeness (QED) is 0.439. The molecule has 0 radical (unpaired) electrons. The summed E-state index contributed by atoms with van der Waals surface area (Å²) >= 11 is 1.42. The fourth-order valence-corrected chi connectivity index (χ4v) is 4.29. The van der Waals surface area contributed by atoms with E-state index in [-0.39, 0.29) is 17.8 Å². The lowest BCUT2D eigenvalue weighted by atomic mass is 9.98. The highest BCUT2D eigenvalue weighted by molar-refractivity contribution is 7.16. The number of amides is 1. The summed E-state index contributed by atoms with van der Waals surface area (Å²) in [5, 5.41) is 0. The Morgan fingerprint density at radius 3 is 2.50 bits per heavy atom. The predicted octanol–water partition coefficient (Wildman–Crippen LogP) is 4.17. The van der Waals surface area contributed by atoms with Gasteiger partial charge >= 0.3 is 5.97 Å². The number of carbonyl (C=O) groups is 2. The maximum atomic E-state index is 12.8. The molecule has 7 heteroatoms. The third kappa shape index (κ3) is 5.52. The molecule has 1 amide bonds. The van der Waals surface area contributed by atoms with Gasteiger partial charge in [-0.2, -0.15) is 4.99 Å². The van der Waals surface area contributed by atoms with E-state index in [1.807, 2.05) is 17.6 Å². The van der Waals surface area contributed by atoms with Crippen molar-refractivity contribution in [2.24, 2.45) is 10.9 Å². The summed E-state index contributed by atoms with van der Waals surface area (Å²) in [6, 6.07) is 5.41. The van der Waals surface area contributed by atoms with Gasteiger partial charge < -0.3 is 14.0 Å². The van der Waals surface area contributed by atoms with Gasteiger partial charge in [0.1, 0.15) is 0 Å². The van der Waals surface area contributed by atoms with Gasteiger partial charge in [0.2, 0.25) is 0 Å². The van der Waals surface area contributed by atoms with Crippen molar-refractivity contribution in [3.63, 3.8) is 0 Å². The van der Waals surface area contributed by atoms with E-state index in [4.69, 9.17) is 9.47 Å². The van der Waals surface area contributed by atoms with Gasteiger partial charge in [-0.25, -0.2) is 4.79 Å². The number of thiazole rings is 1. The van der Waals surface area contributed by atoms with Crippen LogP contribution in [0.15, 0.2) is 23.2 Å². The van der Waals surface area contributed by atoms with Crippen LogP contribution in [0.25, 0.3) is 10.2 Å². The van der Waals surface area contributed by atoms with Crippen LogP contribution in [0.5, 0.6) is 0 Å². The molecule has 1 aromatic carbocycles. The Bertz CT molecular complexity index is 863. The van der Waals surface area contributed by atoms with Crippen LogP contribution in [0.3, 0.4) is 0 Å². The monoisotopic (exact) mass is 406 g/mol. The molecular weight excluding hydrogens is 376 g/mol. The molecule has 2 rings (SSSR count). The van der Waals surface area contributed by atoms with Crippen molar-refractivity contribution in [2.45, 2.75) is 53.0 Å². The van der Waals surface area contributed by atoms with E-state index in [0.717, 1.165) is 35.9 Å². The lowest BCUT2D eigenvalue weighted by molar-refractivity contribution is -0.122. The summed E-state index contributed by atoms with van der Waals surface area (Å²) in [6.45, 7) is 7.90. The number of ether oxygens (including phenoxy) is 2. The van der Waals surface area contributed by atoms with Gasteiger partial charge in [-0.3, -0.25) is 4.79 Å². The first-order chi connectivity index (χ1) is 13.5. The number of hydrogen-bond acceptors (Lipinski definition) is 5. The molecule has 0 aliphatic heterocycles. The van der Waals surface area contributed by atoms with Crippen molar-refractivity contribution in [2.75, 3.05) is 20.3 Å². The molecular formula is C21H30N2O4S. The second-order valence-corrected chi connectivity index (χ2v) is 7.64. The summed E-state index contributed by atoms with van der Waals surface area (Å²) in [5.41, 5.74) is 1.42. The van der Waals surface area contributed by atoms with Crippen molar-refractivity contribution < 1.29 is 19.1 Å². The molecule has 1 heterocycles. The number of esters is 1. The average molecular weight is 407 g/mol. The van der Waals surface area contributed by atoms with E-state index >= 15 is 0 Å². The molecule has 0 spiro atoms. The fourth-order valence-electron chi connectivity index (χ4n) is 3.19. The zero-order chi connectivity index (χ0) is 20.5. The minimum Gasteiger partial charge on any atom is -0.465 e. The fraction of sp³-hybridized carbons (Fsp3) is 0.571. The molecule has 0 bridgehead atoms. The van der Waals surface area contributed by atoms with Gasteiger partial charge in [0.15, 0.2) is 4.80 Å². The molecule has 0 aliphatic carbocycles. The van der Waals surface area contributed by atoms with Crippen LogP contribution in [0.4, 0.5) is 0 Å². The van der Waals surface area contributed by atoms with Crippen molar-refractivity contribution in [1.82, 2.24) is 4.57 Å². The Balaban J connectivity index is 2.49. The summed E-state index contributed by atoms with van der Waals surface area (Å²) in [5.74, 6) is -0.475. The number of fused-ring (bicyclic) bond motifs is 1. The van der Waals surface area contributed by atoms with Crippen molar-refractivity contribution >= 4 is 33.4 Å².